The first-order chi connectivity index (χ1) is 16.5. The molecule has 0 fully saturated rings. The highest BCUT2D eigenvalue weighted by molar-refractivity contribution is 6.32. The third-order valence-corrected chi connectivity index (χ3v) is 5.40. The van der Waals surface area contributed by atoms with E-state index in [1.165, 1.54) is 6.92 Å². The summed E-state index contributed by atoms with van der Waals surface area (Å²) < 4.78 is 11.0. The van der Waals surface area contributed by atoms with Crippen LogP contribution in [0.4, 0.5) is 4.79 Å². The van der Waals surface area contributed by atoms with E-state index in [1.807, 2.05) is 48.5 Å². The van der Waals surface area contributed by atoms with E-state index >= 15 is 0 Å². The van der Waals surface area contributed by atoms with Crippen LogP contribution < -0.4 is 16.2 Å². The summed E-state index contributed by atoms with van der Waals surface area (Å²) in [4.78, 5) is 47.6. The average molecular weight is 484 g/mol. The molecule has 4 N–H and O–H groups in total. The molecule has 10 heteroatoms. The summed E-state index contributed by atoms with van der Waals surface area (Å²) in [5.74, 6) is -4.16. The van der Waals surface area contributed by atoms with Gasteiger partial charge in [-0.15, -0.1) is 0 Å². The van der Waals surface area contributed by atoms with Crippen molar-refractivity contribution < 1.29 is 33.8 Å². The van der Waals surface area contributed by atoms with Crippen LogP contribution in [-0.2, 0) is 23.9 Å². The SMILES string of the molecule is CC(OC(C)(C)C)C(NC(=O)C(=O)O)C(=O)NNC(=O)OCC1c2ccccc2-c2ccccc21. The molecule has 3 amide bonds. The second kappa shape index (κ2) is 10.6. The second-order valence-corrected chi connectivity index (χ2v) is 9.13. The number of benzene rings is 2. The molecule has 10 nitrogen and oxygen atoms in total. The Morgan fingerprint density at radius 3 is 2.00 bits per heavy atom. The van der Waals surface area contributed by atoms with E-state index in [0.717, 1.165) is 22.3 Å². The fourth-order valence-electron chi connectivity index (χ4n) is 4.05. The summed E-state index contributed by atoms with van der Waals surface area (Å²) in [7, 11) is 0. The Balaban J connectivity index is 1.61. The molecule has 1 aliphatic rings. The summed E-state index contributed by atoms with van der Waals surface area (Å²) in [5.41, 5.74) is 7.85. The van der Waals surface area contributed by atoms with Crippen molar-refractivity contribution in [3.63, 3.8) is 0 Å². The van der Waals surface area contributed by atoms with Gasteiger partial charge in [0.05, 0.1) is 11.7 Å². The molecule has 2 atom stereocenters. The van der Waals surface area contributed by atoms with Crippen LogP contribution in [0.5, 0.6) is 0 Å². The number of hydrogen-bond acceptors (Lipinski definition) is 6. The van der Waals surface area contributed by atoms with Crippen molar-refractivity contribution in [2.24, 2.45) is 0 Å². The lowest BCUT2D eigenvalue weighted by Gasteiger charge is -2.30. The molecule has 0 saturated carbocycles. The smallest absolute Gasteiger partial charge is 0.426 e. The van der Waals surface area contributed by atoms with Crippen molar-refractivity contribution in [3.05, 3.63) is 59.7 Å². The molecule has 2 aromatic rings. The Labute approximate surface area is 203 Å². The molecule has 3 rings (SSSR count). The van der Waals surface area contributed by atoms with Crippen molar-refractivity contribution >= 4 is 23.9 Å². The van der Waals surface area contributed by atoms with E-state index in [0.29, 0.717) is 0 Å². The Morgan fingerprint density at radius 2 is 1.49 bits per heavy atom. The standard InChI is InChI=1S/C25H29N3O7/c1-14(35-25(2,3)4)20(26-22(30)23(31)32)21(29)27-28-24(33)34-13-19-17-11-7-5-9-15(17)16-10-6-8-12-18(16)19/h5-12,14,19-20H,13H2,1-4H3,(H,26,30)(H,27,29)(H,28,33)(H,31,32). The van der Waals surface area contributed by atoms with Gasteiger partial charge in [0, 0.05) is 5.92 Å². The summed E-state index contributed by atoms with van der Waals surface area (Å²) >= 11 is 0. The molecule has 35 heavy (non-hydrogen) atoms. The van der Waals surface area contributed by atoms with E-state index in [-0.39, 0.29) is 12.5 Å². The van der Waals surface area contributed by atoms with Crippen LogP contribution in [0.25, 0.3) is 11.1 Å². The third kappa shape index (κ3) is 6.36. The molecular formula is C25H29N3O7. The molecule has 2 unspecified atom stereocenters. The maximum Gasteiger partial charge on any atom is 0.426 e. The Hall–Kier alpha value is -3.92. The van der Waals surface area contributed by atoms with Gasteiger partial charge in [-0.25, -0.2) is 15.0 Å². The van der Waals surface area contributed by atoms with E-state index < -0.39 is 41.6 Å². The fourth-order valence-corrected chi connectivity index (χ4v) is 4.05. The van der Waals surface area contributed by atoms with Crippen molar-refractivity contribution in [1.82, 2.24) is 16.2 Å². The minimum atomic E-state index is -1.75. The van der Waals surface area contributed by atoms with Gasteiger partial charge in [-0.2, -0.15) is 0 Å². The van der Waals surface area contributed by atoms with E-state index in [4.69, 9.17) is 14.6 Å². The number of rotatable bonds is 6. The predicted molar refractivity (Wildman–Crippen MR) is 126 cm³/mol. The van der Waals surface area contributed by atoms with Crippen molar-refractivity contribution in [2.75, 3.05) is 6.61 Å². The van der Waals surface area contributed by atoms with Crippen molar-refractivity contribution in [1.29, 1.82) is 0 Å². The normalized spacial score (nSPS) is 14.2. The van der Waals surface area contributed by atoms with Gasteiger partial charge in [-0.1, -0.05) is 48.5 Å². The Morgan fingerprint density at radius 1 is 0.943 bits per heavy atom. The Kier molecular flexibility index (Phi) is 7.75. The maximum atomic E-state index is 12.7. The molecule has 0 aromatic heterocycles. The van der Waals surface area contributed by atoms with Crippen LogP contribution >= 0.6 is 0 Å². The zero-order chi connectivity index (χ0) is 25.8. The van der Waals surface area contributed by atoms with Crippen LogP contribution in [0, 0.1) is 0 Å². The number of aliphatic carboxylic acids is 1. The number of hydrogen-bond donors (Lipinski definition) is 4. The van der Waals surface area contributed by atoms with Crippen LogP contribution in [0.3, 0.4) is 0 Å². The summed E-state index contributed by atoms with van der Waals surface area (Å²) in [6, 6.07) is 14.4. The molecule has 1 aliphatic carbocycles. The lowest BCUT2D eigenvalue weighted by Crippen LogP contribution is -2.58. The molecule has 186 valence electrons. The average Bonchev–Trinajstić information content (AvgIpc) is 3.12. The molecule has 0 aliphatic heterocycles. The van der Waals surface area contributed by atoms with Gasteiger partial charge in [-0.05, 0) is 49.9 Å². The molecule has 0 spiro atoms. The van der Waals surface area contributed by atoms with E-state index in [9.17, 15) is 19.2 Å². The minimum absolute atomic E-state index is 0.0401. The van der Waals surface area contributed by atoms with Gasteiger partial charge in [0.15, 0.2) is 0 Å². The van der Waals surface area contributed by atoms with Crippen LogP contribution in [0.1, 0.15) is 44.7 Å². The Bertz CT molecular complexity index is 1080. The summed E-state index contributed by atoms with van der Waals surface area (Å²) in [5, 5.41) is 11.0. The number of hydrazine groups is 1. The second-order valence-electron chi connectivity index (χ2n) is 9.13. The number of carbonyl (C=O) groups is 4. The molecule has 0 saturated heterocycles. The predicted octanol–water partition coefficient (Wildman–Crippen LogP) is 2.33. The largest absolute Gasteiger partial charge is 0.474 e. The molecule has 0 radical (unpaired) electrons. The first-order valence-electron chi connectivity index (χ1n) is 11.1. The number of ether oxygens (including phenoxy) is 2. The first kappa shape index (κ1) is 25.7. The van der Waals surface area contributed by atoms with Crippen LogP contribution in [0.15, 0.2) is 48.5 Å². The van der Waals surface area contributed by atoms with Crippen molar-refractivity contribution in [2.45, 2.75) is 51.4 Å². The van der Waals surface area contributed by atoms with Gasteiger partial charge in [0.25, 0.3) is 5.91 Å². The van der Waals surface area contributed by atoms with E-state index in [2.05, 4.69) is 16.2 Å². The summed E-state index contributed by atoms with van der Waals surface area (Å²) in [6.45, 7) is 6.77. The highest BCUT2D eigenvalue weighted by Crippen LogP contribution is 2.44. The van der Waals surface area contributed by atoms with Gasteiger partial charge >= 0.3 is 18.0 Å². The van der Waals surface area contributed by atoms with Crippen LogP contribution in [0.2, 0.25) is 0 Å². The van der Waals surface area contributed by atoms with Gasteiger partial charge < -0.3 is 19.9 Å². The number of fused-ring (bicyclic) bond motifs is 3. The zero-order valence-electron chi connectivity index (χ0n) is 20.0. The maximum absolute atomic E-state index is 12.7. The molecule has 0 bridgehead atoms. The van der Waals surface area contributed by atoms with Crippen molar-refractivity contribution in [3.8, 4) is 11.1 Å². The number of carbonyl (C=O) groups excluding carboxylic acids is 3. The number of carboxylic acids is 1. The monoisotopic (exact) mass is 483 g/mol. The topological polar surface area (TPSA) is 143 Å². The van der Waals surface area contributed by atoms with Gasteiger partial charge in [0.1, 0.15) is 12.6 Å². The van der Waals surface area contributed by atoms with Crippen LogP contribution in [-0.4, -0.2) is 53.3 Å². The lowest BCUT2D eigenvalue weighted by atomic mass is 9.98. The fraction of sp³-hybridized carbons (Fsp3) is 0.360. The molecular weight excluding hydrogens is 454 g/mol. The number of carboxylic acid groups (broad SMARTS) is 1. The molecule has 0 heterocycles. The van der Waals surface area contributed by atoms with Gasteiger partial charge in [-0.3, -0.25) is 15.0 Å². The lowest BCUT2D eigenvalue weighted by molar-refractivity contribution is -0.152. The molecule has 2 aromatic carbocycles. The van der Waals surface area contributed by atoms with Gasteiger partial charge in [0.2, 0.25) is 0 Å². The zero-order valence-corrected chi connectivity index (χ0v) is 20.0. The highest BCUT2D eigenvalue weighted by Gasteiger charge is 2.33. The number of amides is 3. The van der Waals surface area contributed by atoms with E-state index in [1.54, 1.807) is 20.8 Å². The number of nitrogens with one attached hydrogen (secondary N) is 3. The first-order valence-corrected chi connectivity index (χ1v) is 11.1. The minimum Gasteiger partial charge on any atom is -0.474 e. The summed E-state index contributed by atoms with van der Waals surface area (Å²) in [6.07, 6.45) is -1.81. The highest BCUT2D eigenvalue weighted by atomic mass is 16.6. The third-order valence-electron chi connectivity index (χ3n) is 5.40. The quantitative estimate of drug-likeness (QED) is 0.365.